The third kappa shape index (κ3) is 3.92. The van der Waals surface area contributed by atoms with E-state index in [2.05, 4.69) is 16.6 Å². The number of benzene rings is 1. The fourth-order valence-corrected chi connectivity index (χ4v) is 2.78. The van der Waals surface area contributed by atoms with Crippen LogP contribution in [0.5, 0.6) is 0 Å². The van der Waals surface area contributed by atoms with Crippen LogP contribution in [0.1, 0.15) is 11.1 Å². The summed E-state index contributed by atoms with van der Waals surface area (Å²) in [5.74, 6) is 4.13. The first-order valence-corrected chi connectivity index (χ1v) is 7.41. The van der Waals surface area contributed by atoms with Crippen LogP contribution < -0.4 is 4.72 Å². The molecule has 2 aromatic rings. The highest BCUT2D eigenvalue weighted by Gasteiger charge is 2.18. The van der Waals surface area contributed by atoms with Crippen LogP contribution in [0, 0.1) is 17.7 Å². The molecule has 1 aromatic heterocycles. The molecule has 2 rings (SSSR count). The van der Waals surface area contributed by atoms with E-state index in [1.165, 1.54) is 12.5 Å². The van der Waals surface area contributed by atoms with E-state index >= 15 is 0 Å². The fourth-order valence-electron chi connectivity index (χ4n) is 1.62. The molecule has 1 aromatic carbocycles. The normalized spacial score (nSPS) is 11.0. The summed E-state index contributed by atoms with van der Waals surface area (Å²) in [5, 5.41) is 8.68. The number of hydrogen-bond donors (Lipinski definition) is 2. The molecule has 0 radical (unpaired) electrons. The zero-order chi connectivity index (χ0) is 15.3. The molecule has 5 nitrogen and oxygen atoms in total. The van der Waals surface area contributed by atoms with Crippen molar-refractivity contribution in [3.63, 3.8) is 0 Å². The first kappa shape index (κ1) is 15.3. The quantitative estimate of drug-likeness (QED) is 0.833. The van der Waals surface area contributed by atoms with Gasteiger partial charge in [-0.3, -0.25) is 0 Å². The Kier molecular flexibility index (Phi) is 4.75. The van der Waals surface area contributed by atoms with Gasteiger partial charge in [-0.15, -0.1) is 0 Å². The summed E-state index contributed by atoms with van der Waals surface area (Å²) in [7, 11) is -3.86. The van der Waals surface area contributed by atoms with Crippen molar-refractivity contribution in [3.8, 4) is 11.8 Å². The van der Waals surface area contributed by atoms with Crippen LogP contribution in [-0.2, 0) is 16.6 Å². The summed E-state index contributed by atoms with van der Waals surface area (Å²) in [6.07, 6.45) is 2.85. The zero-order valence-corrected chi connectivity index (χ0v) is 11.7. The SMILES string of the molecule is O=S(=O)(NCc1ccoc1)c1ccc(F)cc1C#CCO. The average molecular weight is 309 g/mol. The van der Waals surface area contributed by atoms with Gasteiger partial charge in [0.15, 0.2) is 0 Å². The van der Waals surface area contributed by atoms with Gasteiger partial charge in [-0.2, -0.15) is 0 Å². The van der Waals surface area contributed by atoms with Crippen LogP contribution >= 0.6 is 0 Å². The number of hydrogen-bond acceptors (Lipinski definition) is 4. The summed E-state index contributed by atoms with van der Waals surface area (Å²) in [5.41, 5.74) is 0.646. The van der Waals surface area contributed by atoms with Crippen molar-refractivity contribution in [2.45, 2.75) is 11.4 Å². The van der Waals surface area contributed by atoms with Crippen molar-refractivity contribution >= 4 is 10.0 Å². The smallest absolute Gasteiger partial charge is 0.242 e. The minimum absolute atomic E-state index is 0.0104. The van der Waals surface area contributed by atoms with Crippen molar-refractivity contribution in [3.05, 3.63) is 53.7 Å². The van der Waals surface area contributed by atoms with Crippen molar-refractivity contribution < 1.29 is 22.3 Å². The maximum Gasteiger partial charge on any atom is 0.242 e. The number of rotatable bonds is 4. The van der Waals surface area contributed by atoms with Gasteiger partial charge in [-0.05, 0) is 24.3 Å². The molecule has 0 atom stereocenters. The van der Waals surface area contributed by atoms with Gasteiger partial charge in [0.25, 0.3) is 0 Å². The molecule has 0 aliphatic rings. The van der Waals surface area contributed by atoms with Crippen molar-refractivity contribution in [2.24, 2.45) is 0 Å². The largest absolute Gasteiger partial charge is 0.472 e. The van der Waals surface area contributed by atoms with E-state index in [9.17, 15) is 12.8 Å². The summed E-state index contributed by atoms with van der Waals surface area (Å²) in [4.78, 5) is -0.145. The van der Waals surface area contributed by atoms with Crippen molar-refractivity contribution in [1.82, 2.24) is 4.72 Å². The van der Waals surface area contributed by atoms with Crippen LogP contribution in [0.3, 0.4) is 0 Å². The molecule has 0 saturated carbocycles. The Morgan fingerprint density at radius 1 is 1.33 bits per heavy atom. The van der Waals surface area contributed by atoms with E-state index in [0.717, 1.165) is 18.2 Å². The highest BCUT2D eigenvalue weighted by atomic mass is 32.2. The third-order valence-corrected chi connectivity index (χ3v) is 4.04. The number of aliphatic hydroxyl groups excluding tert-OH is 1. The molecule has 0 spiro atoms. The Hall–Kier alpha value is -2.14. The number of sulfonamides is 1. The summed E-state index contributed by atoms with van der Waals surface area (Å²) >= 11 is 0. The van der Waals surface area contributed by atoms with Gasteiger partial charge in [0, 0.05) is 17.7 Å². The first-order valence-electron chi connectivity index (χ1n) is 5.93. The number of furan rings is 1. The maximum atomic E-state index is 13.2. The predicted molar refractivity (Wildman–Crippen MR) is 73.1 cm³/mol. The first-order chi connectivity index (χ1) is 10.0. The van der Waals surface area contributed by atoms with Gasteiger partial charge in [0.1, 0.15) is 12.4 Å². The lowest BCUT2D eigenvalue weighted by molar-refractivity contribution is 0.350. The summed E-state index contributed by atoms with van der Waals surface area (Å²) in [6, 6.07) is 4.81. The van der Waals surface area contributed by atoms with Crippen LogP contribution in [-0.4, -0.2) is 20.1 Å². The molecule has 0 bridgehead atoms. The Labute approximate surface area is 121 Å². The molecule has 0 fully saturated rings. The lowest BCUT2D eigenvalue weighted by Crippen LogP contribution is -2.24. The Morgan fingerprint density at radius 2 is 2.14 bits per heavy atom. The van der Waals surface area contributed by atoms with Crippen LogP contribution in [0.2, 0.25) is 0 Å². The topological polar surface area (TPSA) is 79.5 Å². The minimum Gasteiger partial charge on any atom is -0.472 e. The van der Waals surface area contributed by atoms with E-state index < -0.39 is 22.4 Å². The van der Waals surface area contributed by atoms with Crippen LogP contribution in [0.25, 0.3) is 0 Å². The average Bonchev–Trinajstić information content (AvgIpc) is 2.96. The predicted octanol–water partition coefficient (Wildman–Crippen LogP) is 1.24. The second kappa shape index (κ2) is 6.54. The van der Waals surface area contributed by atoms with E-state index in [4.69, 9.17) is 9.52 Å². The Balaban J connectivity index is 2.30. The number of halogens is 1. The maximum absolute atomic E-state index is 13.2. The van der Waals surface area contributed by atoms with Gasteiger partial charge in [-0.25, -0.2) is 17.5 Å². The molecule has 21 heavy (non-hydrogen) atoms. The molecule has 0 unspecified atom stereocenters. The second-order valence-electron chi connectivity index (χ2n) is 4.06. The highest BCUT2D eigenvalue weighted by molar-refractivity contribution is 7.89. The molecular weight excluding hydrogens is 297 g/mol. The second-order valence-corrected chi connectivity index (χ2v) is 5.79. The van der Waals surface area contributed by atoms with Crippen molar-refractivity contribution in [2.75, 3.05) is 6.61 Å². The number of aliphatic hydroxyl groups is 1. The number of nitrogens with one attached hydrogen (secondary N) is 1. The third-order valence-electron chi connectivity index (χ3n) is 2.58. The van der Waals surface area contributed by atoms with Crippen LogP contribution in [0.4, 0.5) is 4.39 Å². The Bertz CT molecular complexity index is 773. The molecule has 0 amide bonds. The fraction of sp³-hybridized carbons (Fsp3) is 0.143. The molecule has 110 valence electrons. The molecule has 0 saturated heterocycles. The lowest BCUT2D eigenvalue weighted by Gasteiger charge is -2.08. The van der Waals surface area contributed by atoms with E-state index in [-0.39, 0.29) is 17.0 Å². The zero-order valence-electron chi connectivity index (χ0n) is 10.8. The molecule has 2 N–H and O–H groups in total. The summed E-state index contributed by atoms with van der Waals surface area (Å²) < 4.78 is 44.9. The molecular formula is C14H12FNO4S. The van der Waals surface area contributed by atoms with Gasteiger partial charge >= 0.3 is 0 Å². The van der Waals surface area contributed by atoms with Gasteiger partial charge in [0.05, 0.1) is 17.4 Å². The Morgan fingerprint density at radius 3 is 2.81 bits per heavy atom. The minimum atomic E-state index is -3.86. The lowest BCUT2D eigenvalue weighted by atomic mass is 10.2. The molecule has 0 aliphatic heterocycles. The van der Waals surface area contributed by atoms with Gasteiger partial charge in [-0.1, -0.05) is 11.8 Å². The summed E-state index contributed by atoms with van der Waals surface area (Å²) in [6.45, 7) is -0.401. The van der Waals surface area contributed by atoms with Gasteiger partial charge in [0.2, 0.25) is 10.0 Å². The molecule has 0 aliphatic carbocycles. The molecule has 7 heteroatoms. The van der Waals surface area contributed by atoms with E-state index in [0.29, 0.717) is 5.56 Å². The van der Waals surface area contributed by atoms with E-state index in [1.54, 1.807) is 6.07 Å². The van der Waals surface area contributed by atoms with Crippen LogP contribution in [0.15, 0.2) is 46.1 Å². The van der Waals surface area contributed by atoms with Gasteiger partial charge < -0.3 is 9.52 Å². The van der Waals surface area contributed by atoms with Crippen molar-refractivity contribution in [1.29, 1.82) is 0 Å². The monoisotopic (exact) mass is 309 g/mol. The standard InChI is InChI=1S/C14H12FNO4S/c15-13-3-4-14(12(8-13)2-1-6-17)21(18,19)16-9-11-5-7-20-10-11/h3-5,7-8,10,16-17H,6,9H2. The molecule has 1 heterocycles. The highest BCUT2D eigenvalue weighted by Crippen LogP contribution is 2.16. The van der Waals surface area contributed by atoms with E-state index in [1.807, 2.05) is 0 Å².